The fourth-order valence-electron chi connectivity index (χ4n) is 3.58. The van der Waals surface area contributed by atoms with E-state index in [1.54, 1.807) is 0 Å². The lowest BCUT2D eigenvalue weighted by molar-refractivity contribution is -0.0759. The molecular formula is C14H28N2O. The van der Waals surface area contributed by atoms with Gasteiger partial charge in [-0.2, -0.15) is 0 Å². The number of hydrogen-bond donors (Lipinski definition) is 1. The normalized spacial score (nSPS) is 39.0. The van der Waals surface area contributed by atoms with Gasteiger partial charge in [-0.05, 0) is 44.6 Å². The van der Waals surface area contributed by atoms with Gasteiger partial charge in [0.2, 0.25) is 0 Å². The molecule has 0 bridgehead atoms. The molecule has 0 spiro atoms. The second kappa shape index (κ2) is 5.68. The van der Waals surface area contributed by atoms with Gasteiger partial charge in [-0.3, -0.25) is 4.90 Å². The highest BCUT2D eigenvalue weighted by Crippen LogP contribution is 2.42. The van der Waals surface area contributed by atoms with Gasteiger partial charge in [0.1, 0.15) is 0 Å². The number of rotatable bonds is 5. The van der Waals surface area contributed by atoms with E-state index in [1.807, 2.05) is 0 Å². The summed E-state index contributed by atoms with van der Waals surface area (Å²) in [5.41, 5.74) is 6.34. The van der Waals surface area contributed by atoms with E-state index in [0.29, 0.717) is 11.6 Å². The van der Waals surface area contributed by atoms with Gasteiger partial charge in [0.15, 0.2) is 0 Å². The molecule has 1 aliphatic carbocycles. The van der Waals surface area contributed by atoms with Crippen LogP contribution in [-0.2, 0) is 4.74 Å². The molecule has 2 aliphatic rings. The minimum Gasteiger partial charge on any atom is -0.377 e. The Morgan fingerprint density at radius 3 is 2.76 bits per heavy atom. The molecular weight excluding hydrogens is 212 g/mol. The standard InChI is InChI=1S/C14H28N2O/c1-3-7-17-13-5-4-6-16(10-13)14(11-15)8-12(2)9-14/h12-13H,3-11,15H2,1-2H3. The topological polar surface area (TPSA) is 38.5 Å². The average Bonchev–Trinajstić information content (AvgIpc) is 2.32. The first kappa shape index (κ1) is 13.3. The molecule has 17 heavy (non-hydrogen) atoms. The predicted octanol–water partition coefficient (Wildman–Crippen LogP) is 2.00. The van der Waals surface area contributed by atoms with Crippen molar-refractivity contribution in [3.05, 3.63) is 0 Å². The van der Waals surface area contributed by atoms with Crippen LogP contribution in [0.25, 0.3) is 0 Å². The van der Waals surface area contributed by atoms with Crippen LogP contribution in [0.1, 0.15) is 46.0 Å². The van der Waals surface area contributed by atoms with E-state index in [1.165, 1.54) is 32.2 Å². The quantitative estimate of drug-likeness (QED) is 0.799. The van der Waals surface area contributed by atoms with Crippen LogP contribution in [-0.4, -0.2) is 42.8 Å². The Bertz CT molecular complexity index is 238. The molecule has 1 unspecified atom stereocenters. The highest BCUT2D eigenvalue weighted by Gasteiger charge is 2.46. The SMILES string of the molecule is CCCOC1CCCN(C2(CN)CC(C)C2)C1. The third-order valence-corrected chi connectivity index (χ3v) is 4.44. The zero-order valence-electron chi connectivity index (χ0n) is 11.5. The summed E-state index contributed by atoms with van der Waals surface area (Å²) in [6, 6.07) is 0. The van der Waals surface area contributed by atoms with Crippen molar-refractivity contribution in [3.63, 3.8) is 0 Å². The molecule has 2 fully saturated rings. The van der Waals surface area contributed by atoms with E-state index in [-0.39, 0.29) is 0 Å². The van der Waals surface area contributed by atoms with Crippen LogP contribution in [0.3, 0.4) is 0 Å². The number of piperidine rings is 1. The smallest absolute Gasteiger partial charge is 0.0702 e. The lowest BCUT2D eigenvalue weighted by Crippen LogP contribution is -2.64. The fraction of sp³-hybridized carbons (Fsp3) is 1.00. The Morgan fingerprint density at radius 1 is 1.41 bits per heavy atom. The van der Waals surface area contributed by atoms with Crippen molar-refractivity contribution < 1.29 is 4.74 Å². The second-order valence-corrected chi connectivity index (χ2v) is 6.02. The number of hydrogen-bond acceptors (Lipinski definition) is 3. The molecule has 3 heteroatoms. The van der Waals surface area contributed by atoms with Crippen LogP contribution in [0.2, 0.25) is 0 Å². The second-order valence-electron chi connectivity index (χ2n) is 6.02. The lowest BCUT2D eigenvalue weighted by atomic mass is 9.67. The summed E-state index contributed by atoms with van der Waals surface area (Å²) in [5, 5.41) is 0. The van der Waals surface area contributed by atoms with Crippen LogP contribution in [0, 0.1) is 5.92 Å². The Morgan fingerprint density at radius 2 is 2.18 bits per heavy atom. The van der Waals surface area contributed by atoms with Crippen molar-refractivity contribution in [2.75, 3.05) is 26.2 Å². The van der Waals surface area contributed by atoms with E-state index in [2.05, 4.69) is 18.7 Å². The zero-order valence-corrected chi connectivity index (χ0v) is 11.5. The van der Waals surface area contributed by atoms with Crippen LogP contribution in [0.5, 0.6) is 0 Å². The Labute approximate surface area is 106 Å². The fourth-order valence-corrected chi connectivity index (χ4v) is 3.58. The van der Waals surface area contributed by atoms with Gasteiger partial charge >= 0.3 is 0 Å². The first-order valence-corrected chi connectivity index (χ1v) is 7.27. The van der Waals surface area contributed by atoms with Gasteiger partial charge in [0.05, 0.1) is 6.10 Å². The van der Waals surface area contributed by atoms with E-state index in [0.717, 1.165) is 32.0 Å². The van der Waals surface area contributed by atoms with E-state index >= 15 is 0 Å². The summed E-state index contributed by atoms with van der Waals surface area (Å²) in [7, 11) is 0. The third kappa shape index (κ3) is 2.83. The maximum atomic E-state index is 6.02. The van der Waals surface area contributed by atoms with E-state index in [4.69, 9.17) is 10.5 Å². The number of nitrogens with two attached hydrogens (primary N) is 1. The Balaban J connectivity index is 1.88. The van der Waals surface area contributed by atoms with Gasteiger partial charge in [0, 0.05) is 25.2 Å². The molecule has 0 aromatic carbocycles. The molecule has 1 saturated heterocycles. The van der Waals surface area contributed by atoms with E-state index < -0.39 is 0 Å². The highest BCUT2D eigenvalue weighted by molar-refractivity contribution is 5.03. The molecule has 1 saturated carbocycles. The molecule has 0 amide bonds. The number of likely N-dealkylation sites (tertiary alicyclic amines) is 1. The first-order chi connectivity index (χ1) is 8.20. The highest BCUT2D eigenvalue weighted by atomic mass is 16.5. The number of ether oxygens (including phenoxy) is 1. The molecule has 100 valence electrons. The molecule has 3 nitrogen and oxygen atoms in total. The van der Waals surface area contributed by atoms with Crippen LogP contribution >= 0.6 is 0 Å². The van der Waals surface area contributed by atoms with Crippen LogP contribution in [0.4, 0.5) is 0 Å². The van der Waals surface area contributed by atoms with Gasteiger partial charge in [-0.1, -0.05) is 13.8 Å². The van der Waals surface area contributed by atoms with Gasteiger partial charge in [0.25, 0.3) is 0 Å². The molecule has 0 aromatic rings. The minimum atomic E-state index is 0.313. The maximum absolute atomic E-state index is 6.02. The maximum Gasteiger partial charge on any atom is 0.0702 e. The van der Waals surface area contributed by atoms with E-state index in [9.17, 15) is 0 Å². The molecule has 1 atom stereocenters. The van der Waals surface area contributed by atoms with Crippen molar-refractivity contribution in [1.29, 1.82) is 0 Å². The van der Waals surface area contributed by atoms with Crippen molar-refractivity contribution in [3.8, 4) is 0 Å². The van der Waals surface area contributed by atoms with Gasteiger partial charge in [-0.25, -0.2) is 0 Å². The summed E-state index contributed by atoms with van der Waals surface area (Å²) in [5.74, 6) is 0.857. The van der Waals surface area contributed by atoms with Crippen molar-refractivity contribution in [2.45, 2.75) is 57.6 Å². The Hall–Kier alpha value is -0.120. The first-order valence-electron chi connectivity index (χ1n) is 7.27. The van der Waals surface area contributed by atoms with Gasteiger partial charge < -0.3 is 10.5 Å². The largest absolute Gasteiger partial charge is 0.377 e. The van der Waals surface area contributed by atoms with Crippen molar-refractivity contribution in [1.82, 2.24) is 4.90 Å². The summed E-state index contributed by atoms with van der Waals surface area (Å²) >= 11 is 0. The summed E-state index contributed by atoms with van der Waals surface area (Å²) < 4.78 is 5.91. The summed E-state index contributed by atoms with van der Waals surface area (Å²) in [6.45, 7) is 8.56. The number of nitrogens with zero attached hydrogens (tertiary/aromatic N) is 1. The molecule has 2 N–H and O–H groups in total. The molecule has 2 rings (SSSR count). The Kier molecular flexibility index (Phi) is 4.45. The lowest BCUT2D eigenvalue weighted by Gasteiger charge is -2.55. The summed E-state index contributed by atoms with van der Waals surface area (Å²) in [6.07, 6.45) is 6.63. The molecule has 0 aromatic heterocycles. The molecule has 0 radical (unpaired) electrons. The molecule has 1 aliphatic heterocycles. The predicted molar refractivity (Wildman–Crippen MR) is 71.0 cm³/mol. The average molecular weight is 240 g/mol. The van der Waals surface area contributed by atoms with Gasteiger partial charge in [-0.15, -0.1) is 0 Å². The van der Waals surface area contributed by atoms with Crippen LogP contribution < -0.4 is 5.73 Å². The molecule has 1 heterocycles. The van der Waals surface area contributed by atoms with Crippen molar-refractivity contribution >= 4 is 0 Å². The third-order valence-electron chi connectivity index (χ3n) is 4.44. The minimum absolute atomic E-state index is 0.313. The zero-order chi connectivity index (χ0) is 12.3. The van der Waals surface area contributed by atoms with Crippen LogP contribution in [0.15, 0.2) is 0 Å². The summed E-state index contributed by atoms with van der Waals surface area (Å²) in [4.78, 5) is 2.62. The van der Waals surface area contributed by atoms with Crippen molar-refractivity contribution in [2.24, 2.45) is 11.7 Å². The monoisotopic (exact) mass is 240 g/mol.